The molecule has 200 valence electrons. The van der Waals surface area contributed by atoms with Gasteiger partial charge in [0.15, 0.2) is 0 Å². The van der Waals surface area contributed by atoms with Crippen molar-refractivity contribution in [3.8, 4) is 11.3 Å². The highest BCUT2D eigenvalue weighted by Gasteiger charge is 2.23. The lowest BCUT2D eigenvalue weighted by Gasteiger charge is -2.20. The summed E-state index contributed by atoms with van der Waals surface area (Å²) >= 11 is 0. The van der Waals surface area contributed by atoms with Crippen LogP contribution in [0.15, 0.2) is 66.2 Å². The van der Waals surface area contributed by atoms with Gasteiger partial charge in [0.2, 0.25) is 11.8 Å². The van der Waals surface area contributed by atoms with E-state index in [1.807, 2.05) is 36.4 Å². The zero-order valence-corrected chi connectivity index (χ0v) is 22.4. The molecule has 3 N–H and O–H groups in total. The minimum Gasteiger partial charge on any atom is -0.354 e. The number of amides is 2. The summed E-state index contributed by atoms with van der Waals surface area (Å²) in [4.78, 5) is 41.0. The van der Waals surface area contributed by atoms with Crippen molar-refractivity contribution in [3.63, 3.8) is 0 Å². The maximum Gasteiger partial charge on any atom is 0.247 e. The molecule has 0 radical (unpaired) electrons. The van der Waals surface area contributed by atoms with Crippen LogP contribution in [-0.4, -0.2) is 35.2 Å². The number of H-pyrrole nitrogens is 1. The number of para-hydroxylation sites is 1. The molecule has 1 heterocycles. The predicted molar refractivity (Wildman–Crippen MR) is 153 cm³/mol. The molecule has 0 unspecified atom stereocenters. The van der Waals surface area contributed by atoms with E-state index in [1.165, 1.54) is 5.56 Å². The summed E-state index contributed by atoms with van der Waals surface area (Å²) in [5, 5.41) is 7.25. The third kappa shape index (κ3) is 7.44. The molecule has 4 rings (SSSR count). The van der Waals surface area contributed by atoms with E-state index in [2.05, 4.69) is 39.9 Å². The fourth-order valence-corrected chi connectivity index (χ4v) is 5.21. The number of nitrogens with one attached hydrogen (secondary N) is 3. The molecule has 0 spiro atoms. The average Bonchev–Trinajstić information content (AvgIpc) is 3.31. The van der Waals surface area contributed by atoms with Gasteiger partial charge in [-0.2, -0.15) is 0 Å². The Morgan fingerprint density at radius 3 is 2.50 bits per heavy atom. The van der Waals surface area contributed by atoms with E-state index in [0.29, 0.717) is 25.8 Å². The van der Waals surface area contributed by atoms with Crippen LogP contribution in [0, 0.1) is 0 Å². The van der Waals surface area contributed by atoms with E-state index in [1.54, 1.807) is 6.92 Å². The summed E-state index contributed by atoms with van der Waals surface area (Å²) < 4.78 is 0. The Morgan fingerprint density at radius 1 is 0.947 bits per heavy atom. The summed E-state index contributed by atoms with van der Waals surface area (Å²) in [6.07, 6.45) is 10.0. The van der Waals surface area contributed by atoms with Crippen molar-refractivity contribution in [2.45, 2.75) is 77.2 Å². The smallest absolute Gasteiger partial charge is 0.247 e. The van der Waals surface area contributed by atoms with Crippen LogP contribution in [0.25, 0.3) is 22.2 Å². The van der Waals surface area contributed by atoms with Crippen molar-refractivity contribution >= 4 is 28.5 Å². The number of carbonyl (C=O) groups excluding carboxylic acids is 3. The molecule has 0 fully saturated rings. The van der Waals surface area contributed by atoms with Gasteiger partial charge in [0.05, 0.1) is 0 Å². The number of carbonyl (C=O) groups is 3. The monoisotopic (exact) mass is 513 g/mol. The van der Waals surface area contributed by atoms with E-state index < -0.39 is 6.04 Å². The molecule has 1 aliphatic carbocycles. The number of aromatic amines is 1. The van der Waals surface area contributed by atoms with Crippen molar-refractivity contribution in [2.24, 2.45) is 0 Å². The molecule has 1 aromatic heterocycles. The Hall–Kier alpha value is -3.67. The average molecular weight is 514 g/mol. The van der Waals surface area contributed by atoms with Crippen LogP contribution >= 0.6 is 0 Å². The summed E-state index contributed by atoms with van der Waals surface area (Å²) in [6, 6.07) is 17.9. The number of hydrogen-bond donors (Lipinski definition) is 3. The summed E-state index contributed by atoms with van der Waals surface area (Å²) in [5.74, 6) is -0.0945. The summed E-state index contributed by atoms with van der Waals surface area (Å²) in [6.45, 7) is 2.07. The number of benzene rings is 2. The minimum atomic E-state index is -0.584. The number of hydrogen-bond acceptors (Lipinski definition) is 3. The number of rotatable bonds is 13. The molecule has 6 heteroatoms. The van der Waals surface area contributed by atoms with Gasteiger partial charge < -0.3 is 20.4 Å². The molecule has 2 aromatic carbocycles. The highest BCUT2D eigenvalue weighted by Crippen LogP contribution is 2.30. The maximum atomic E-state index is 13.3. The van der Waals surface area contributed by atoms with Crippen LogP contribution in [0.1, 0.15) is 70.3 Å². The second-order valence-corrected chi connectivity index (χ2v) is 10.2. The fraction of sp³-hybridized carbons (Fsp3) is 0.406. The minimum absolute atomic E-state index is 0.128. The lowest BCUT2D eigenvalue weighted by Crippen LogP contribution is -2.47. The molecule has 0 saturated heterocycles. The Morgan fingerprint density at radius 2 is 1.74 bits per heavy atom. The van der Waals surface area contributed by atoms with Crippen molar-refractivity contribution < 1.29 is 14.4 Å². The Bertz CT molecular complexity index is 1280. The molecule has 38 heavy (non-hydrogen) atoms. The van der Waals surface area contributed by atoms with Crippen LogP contribution in [0.2, 0.25) is 0 Å². The number of unbranched alkanes of at least 4 members (excludes halogenated alkanes) is 2. The zero-order chi connectivity index (χ0) is 26.7. The van der Waals surface area contributed by atoms with E-state index in [-0.39, 0.29) is 17.6 Å². The van der Waals surface area contributed by atoms with Gasteiger partial charge in [-0.05, 0) is 69.1 Å². The zero-order valence-electron chi connectivity index (χ0n) is 22.4. The number of ketones is 1. The standard InChI is InChI=1S/C32H39N3O3/c1-23(36)13-5-2-10-20-29(35-31(37)25-16-8-4-9-17-25)32(38)33-22-21-27-26-18-11-12-19-28(26)34-30(27)24-14-6-3-7-15-24/h3,6-7,11-12,14-16,18-19,29,34H,2,4-5,8-10,13,17,20-22H2,1H3,(H,33,38)(H,35,37)/t29-/m0/s1. The second-order valence-electron chi connectivity index (χ2n) is 10.2. The van der Waals surface area contributed by atoms with Crippen LogP contribution in [0.4, 0.5) is 0 Å². The summed E-state index contributed by atoms with van der Waals surface area (Å²) in [7, 11) is 0. The van der Waals surface area contributed by atoms with Crippen LogP contribution < -0.4 is 10.6 Å². The van der Waals surface area contributed by atoms with Gasteiger partial charge in [-0.15, -0.1) is 0 Å². The van der Waals surface area contributed by atoms with Gasteiger partial charge in [0.1, 0.15) is 11.8 Å². The summed E-state index contributed by atoms with van der Waals surface area (Å²) in [5.41, 5.74) is 5.22. The first-order chi connectivity index (χ1) is 18.5. The molecule has 6 nitrogen and oxygen atoms in total. The predicted octanol–water partition coefficient (Wildman–Crippen LogP) is 6.02. The fourth-order valence-electron chi connectivity index (χ4n) is 5.21. The Balaban J connectivity index is 1.41. The van der Waals surface area contributed by atoms with Crippen molar-refractivity contribution in [3.05, 3.63) is 71.8 Å². The van der Waals surface area contributed by atoms with E-state index >= 15 is 0 Å². The highest BCUT2D eigenvalue weighted by atomic mass is 16.2. The molecule has 0 saturated carbocycles. The largest absolute Gasteiger partial charge is 0.354 e. The van der Waals surface area contributed by atoms with E-state index in [0.717, 1.165) is 72.7 Å². The van der Waals surface area contributed by atoms with Gasteiger partial charge in [0, 0.05) is 35.1 Å². The third-order valence-corrected chi connectivity index (χ3v) is 7.28. The first kappa shape index (κ1) is 27.4. The molecular formula is C32H39N3O3. The van der Waals surface area contributed by atoms with Gasteiger partial charge in [0.25, 0.3) is 0 Å². The SMILES string of the molecule is CC(=O)CCCCC[C@H](NC(=O)C1=CCCCC1)C(=O)NCCc1c(-c2ccccc2)[nH]c2ccccc12. The van der Waals surface area contributed by atoms with Gasteiger partial charge in [-0.1, -0.05) is 67.4 Å². The molecule has 1 atom stereocenters. The van der Waals surface area contributed by atoms with Crippen LogP contribution in [-0.2, 0) is 20.8 Å². The Labute approximate surface area is 225 Å². The normalized spacial score (nSPS) is 14.1. The van der Waals surface area contributed by atoms with Gasteiger partial charge in [-0.3, -0.25) is 9.59 Å². The second kappa shape index (κ2) is 13.8. The number of allylic oxidation sites excluding steroid dienone is 1. The molecule has 3 aromatic rings. The lowest BCUT2D eigenvalue weighted by atomic mass is 9.98. The number of fused-ring (bicyclic) bond motifs is 1. The quantitative estimate of drug-likeness (QED) is 0.244. The first-order valence-electron chi connectivity index (χ1n) is 13.9. The lowest BCUT2D eigenvalue weighted by molar-refractivity contribution is -0.127. The molecular weight excluding hydrogens is 474 g/mol. The number of aromatic nitrogens is 1. The van der Waals surface area contributed by atoms with Crippen molar-refractivity contribution in [2.75, 3.05) is 6.54 Å². The van der Waals surface area contributed by atoms with Crippen molar-refractivity contribution in [1.82, 2.24) is 15.6 Å². The molecule has 0 aliphatic heterocycles. The highest BCUT2D eigenvalue weighted by molar-refractivity contribution is 5.97. The maximum absolute atomic E-state index is 13.3. The molecule has 1 aliphatic rings. The topological polar surface area (TPSA) is 91.1 Å². The van der Waals surface area contributed by atoms with Gasteiger partial charge >= 0.3 is 0 Å². The molecule has 0 bridgehead atoms. The first-order valence-corrected chi connectivity index (χ1v) is 13.9. The van der Waals surface area contributed by atoms with Crippen LogP contribution in [0.3, 0.4) is 0 Å². The van der Waals surface area contributed by atoms with Gasteiger partial charge in [-0.25, -0.2) is 0 Å². The van der Waals surface area contributed by atoms with E-state index in [4.69, 9.17) is 0 Å². The molecule has 2 amide bonds. The third-order valence-electron chi connectivity index (χ3n) is 7.28. The van der Waals surface area contributed by atoms with Crippen LogP contribution in [0.5, 0.6) is 0 Å². The Kier molecular flexibility index (Phi) is 9.90. The van der Waals surface area contributed by atoms with Crippen molar-refractivity contribution in [1.29, 1.82) is 0 Å². The van der Waals surface area contributed by atoms with E-state index in [9.17, 15) is 14.4 Å². The number of Topliss-reactive ketones (excluding diaryl/α,β-unsaturated/α-hetero) is 1.